The van der Waals surface area contributed by atoms with Crippen molar-refractivity contribution >= 4 is 24.9 Å². The molecular weight excluding hydrogens is 345 g/mol. The first kappa shape index (κ1) is 22.1. The number of nitrogens with two attached hydrogens (primary N) is 1. The van der Waals surface area contributed by atoms with Gasteiger partial charge in [0.1, 0.15) is 0 Å². The average Bonchev–Trinajstić information content (AvgIpc) is 2.81. The second kappa shape index (κ2) is 8.84. The van der Waals surface area contributed by atoms with Gasteiger partial charge in [-0.1, -0.05) is 0 Å². The average molecular weight is 367 g/mol. The molecule has 12 N–H and O–H groups in total. The van der Waals surface area contributed by atoms with E-state index in [1.807, 2.05) is 0 Å². The van der Waals surface area contributed by atoms with Crippen LogP contribution in [0.1, 0.15) is 6.42 Å². The van der Waals surface area contributed by atoms with Gasteiger partial charge < -0.3 is 37.5 Å². The lowest BCUT2D eigenvalue weighted by Crippen LogP contribution is -2.16. The summed E-state index contributed by atoms with van der Waals surface area (Å²) in [4.78, 5) is 39.2. The highest BCUT2D eigenvalue weighted by atomic mass is 31.2. The van der Waals surface area contributed by atoms with Crippen molar-refractivity contribution in [3.8, 4) is 0 Å². The number of aryl methyl sites for hydroxylation is 1. The number of hydrogen-bond acceptors (Lipinski definition) is 9. The highest BCUT2D eigenvalue weighted by Gasteiger charge is 2.18. The maximum Gasteiger partial charge on any atom is 0.469 e. The number of anilines is 1. The molecule has 0 aliphatic heterocycles. The Morgan fingerprint density at radius 3 is 2.67 bits per heavy atom. The number of nitrogen functional groups attached to an aromatic ring is 1. The van der Waals surface area contributed by atoms with Crippen LogP contribution in [-0.4, -0.2) is 47.6 Å². The topological polar surface area (TPSA) is 247 Å². The number of aromatic amines is 1. The summed E-state index contributed by atoms with van der Waals surface area (Å²) in [6.45, 7) is -0.269. The third kappa shape index (κ3) is 5.65. The van der Waals surface area contributed by atoms with Crippen LogP contribution in [0.3, 0.4) is 0 Å². The van der Waals surface area contributed by atoms with Gasteiger partial charge in [0.2, 0.25) is 5.95 Å². The summed E-state index contributed by atoms with van der Waals surface area (Å²) in [7, 11) is -4.57. The second-order valence-corrected chi connectivity index (χ2v) is 5.92. The van der Waals surface area contributed by atoms with E-state index < -0.39 is 19.3 Å². The van der Waals surface area contributed by atoms with Crippen molar-refractivity contribution < 1.29 is 24.0 Å². The van der Waals surface area contributed by atoms with Crippen LogP contribution >= 0.6 is 7.82 Å². The van der Waals surface area contributed by atoms with E-state index in [0.29, 0.717) is 18.6 Å². The van der Waals surface area contributed by atoms with Gasteiger partial charge in [-0.15, -0.1) is 0 Å². The molecule has 2 aromatic heterocycles. The number of phosphoric acid groups is 1. The Labute approximate surface area is 136 Å². The quantitative estimate of drug-likeness (QED) is 0.296. The van der Waals surface area contributed by atoms with Gasteiger partial charge in [-0.25, -0.2) is 9.55 Å². The number of aromatic nitrogens is 4. The molecule has 0 aliphatic rings. The number of aliphatic hydroxyl groups excluding tert-OH is 1. The number of nitrogens with one attached hydrogen (secondary N) is 1. The van der Waals surface area contributed by atoms with Crippen LogP contribution in [0.4, 0.5) is 5.95 Å². The molecule has 0 radical (unpaired) electrons. The van der Waals surface area contributed by atoms with Crippen LogP contribution in [0, 0.1) is 5.92 Å². The van der Waals surface area contributed by atoms with Crippen LogP contribution < -0.4 is 23.6 Å². The maximum absolute atomic E-state index is 11.6. The summed E-state index contributed by atoms with van der Waals surface area (Å²) in [6.07, 6.45) is 1.75. The Balaban J connectivity index is 0.00000264. The number of fused-ring (bicyclic) bond motifs is 1. The first-order chi connectivity index (χ1) is 10.3. The van der Waals surface area contributed by atoms with Crippen LogP contribution in [0.5, 0.6) is 0 Å². The van der Waals surface area contributed by atoms with Crippen LogP contribution in [0.25, 0.3) is 11.2 Å². The molecule has 13 nitrogen and oxygen atoms in total. The Morgan fingerprint density at radius 1 is 1.42 bits per heavy atom. The number of hydrogen-bond donors (Lipinski definition) is 7. The van der Waals surface area contributed by atoms with Gasteiger partial charge in [-0.2, -0.15) is 4.98 Å². The van der Waals surface area contributed by atoms with E-state index in [4.69, 9.17) is 15.5 Å². The van der Waals surface area contributed by atoms with E-state index in [9.17, 15) is 14.5 Å². The van der Waals surface area contributed by atoms with Crippen molar-refractivity contribution in [3.05, 3.63) is 16.7 Å². The molecule has 138 valence electrons. The molecule has 0 bridgehead atoms. The summed E-state index contributed by atoms with van der Waals surface area (Å²) in [5.74, 6) is -0.521. The lowest BCUT2D eigenvalue weighted by molar-refractivity contribution is 0.122. The van der Waals surface area contributed by atoms with Crippen molar-refractivity contribution in [2.75, 3.05) is 18.9 Å². The summed E-state index contributed by atoms with van der Waals surface area (Å²) >= 11 is 0. The van der Waals surface area contributed by atoms with Crippen molar-refractivity contribution in [2.45, 2.75) is 13.0 Å². The number of H-pyrrole nitrogens is 1. The zero-order valence-electron chi connectivity index (χ0n) is 12.8. The molecule has 2 rings (SSSR count). The van der Waals surface area contributed by atoms with Crippen LogP contribution in [-0.2, 0) is 15.6 Å². The third-order valence-corrected chi connectivity index (χ3v) is 3.49. The van der Waals surface area contributed by atoms with Crippen LogP contribution in [0.2, 0.25) is 0 Å². The molecule has 1 atom stereocenters. The Bertz CT molecular complexity index is 756. The molecule has 0 amide bonds. The summed E-state index contributed by atoms with van der Waals surface area (Å²) in [5, 5.41) is 9.20. The third-order valence-electron chi connectivity index (χ3n) is 3.01. The van der Waals surface area contributed by atoms with Gasteiger partial charge in [0.25, 0.3) is 5.56 Å². The monoisotopic (exact) mass is 367 g/mol. The number of phosphoric ester groups is 1. The molecule has 2 aromatic rings. The van der Waals surface area contributed by atoms with Gasteiger partial charge in [0, 0.05) is 19.1 Å². The molecular formula is C10H22N7O6P. The fourth-order valence-electron chi connectivity index (χ4n) is 1.89. The molecule has 0 aliphatic carbocycles. The first-order valence-corrected chi connectivity index (χ1v) is 7.84. The molecule has 0 saturated carbocycles. The number of nitrogens with zero attached hydrogens (tertiary/aromatic N) is 3. The molecule has 0 aromatic carbocycles. The minimum atomic E-state index is -4.57. The minimum absolute atomic E-state index is 0. The highest BCUT2D eigenvalue weighted by molar-refractivity contribution is 7.46. The molecule has 14 heteroatoms. The number of rotatable bonds is 7. The smallest absolute Gasteiger partial charge is 0.396 e. The number of imidazole rings is 1. The molecule has 2 heterocycles. The summed E-state index contributed by atoms with van der Waals surface area (Å²) < 4.78 is 16.6. The van der Waals surface area contributed by atoms with E-state index in [1.165, 1.54) is 6.33 Å². The van der Waals surface area contributed by atoms with Crippen molar-refractivity contribution in [1.82, 2.24) is 31.8 Å². The van der Waals surface area contributed by atoms with Crippen molar-refractivity contribution in [1.29, 1.82) is 0 Å². The SMILES string of the molecule is N.N.Nc1nc2c(ncn2CCC(CO)COP(=O)(O)O)c(=O)[nH]1. The van der Waals surface area contributed by atoms with Crippen molar-refractivity contribution in [2.24, 2.45) is 5.92 Å². The normalized spacial score (nSPS) is 12.5. The predicted octanol–water partition coefficient (Wildman–Crippen LogP) is -0.866. The fraction of sp³-hybridized carbons (Fsp3) is 0.500. The largest absolute Gasteiger partial charge is 0.469 e. The number of aliphatic hydroxyl groups is 1. The van der Waals surface area contributed by atoms with Gasteiger partial charge in [-0.05, 0) is 6.42 Å². The van der Waals surface area contributed by atoms with E-state index in [-0.39, 0.29) is 37.0 Å². The second-order valence-electron chi connectivity index (χ2n) is 4.68. The standard InChI is InChI=1S/C10H16N5O6P.2H3N/c11-10-13-8-7(9(17)14-10)12-5-15(8)2-1-6(3-16)4-21-22(18,19)20;;/h5-6,16H,1-4H2,(H2,18,19,20)(H3,11,13,14,17);2*1H3. The maximum atomic E-state index is 11.6. The van der Waals surface area contributed by atoms with Gasteiger partial charge in [-0.3, -0.25) is 14.3 Å². The summed E-state index contributed by atoms with van der Waals surface area (Å²) in [5.41, 5.74) is 5.46. The minimum Gasteiger partial charge on any atom is -0.396 e. The Hall–Kier alpha value is -1.86. The van der Waals surface area contributed by atoms with Gasteiger partial charge >= 0.3 is 7.82 Å². The molecule has 0 spiro atoms. The van der Waals surface area contributed by atoms with Gasteiger partial charge in [0.15, 0.2) is 11.2 Å². The van der Waals surface area contributed by atoms with E-state index >= 15 is 0 Å². The lowest BCUT2D eigenvalue weighted by Gasteiger charge is -2.15. The van der Waals surface area contributed by atoms with E-state index in [0.717, 1.165) is 0 Å². The molecule has 1 unspecified atom stereocenters. The lowest BCUT2D eigenvalue weighted by atomic mass is 10.1. The fourth-order valence-corrected chi connectivity index (χ4v) is 2.29. The Morgan fingerprint density at radius 2 is 2.08 bits per heavy atom. The van der Waals surface area contributed by atoms with Gasteiger partial charge in [0.05, 0.1) is 12.9 Å². The first-order valence-electron chi connectivity index (χ1n) is 6.31. The predicted molar refractivity (Wildman–Crippen MR) is 85.8 cm³/mol. The summed E-state index contributed by atoms with van der Waals surface area (Å²) in [6, 6.07) is 0. The zero-order valence-corrected chi connectivity index (χ0v) is 13.7. The molecule has 0 fully saturated rings. The Kier molecular flexibility index (Phi) is 8.16. The zero-order chi connectivity index (χ0) is 16.3. The van der Waals surface area contributed by atoms with E-state index in [2.05, 4.69) is 19.5 Å². The van der Waals surface area contributed by atoms with Crippen LogP contribution in [0.15, 0.2) is 11.1 Å². The van der Waals surface area contributed by atoms with Crippen molar-refractivity contribution in [3.63, 3.8) is 0 Å². The highest BCUT2D eigenvalue weighted by Crippen LogP contribution is 2.36. The molecule has 24 heavy (non-hydrogen) atoms. The molecule has 0 saturated heterocycles. The van der Waals surface area contributed by atoms with E-state index in [1.54, 1.807) is 4.57 Å².